The smallest absolute Gasteiger partial charge is 0.262 e. The second-order valence-electron chi connectivity index (χ2n) is 7.09. The number of nitriles is 1. The molecule has 0 saturated carbocycles. The monoisotopic (exact) mass is 425 g/mol. The first-order valence-electron chi connectivity index (χ1n) is 9.49. The Balaban J connectivity index is 1.58. The Morgan fingerprint density at radius 3 is 2.67 bits per heavy atom. The summed E-state index contributed by atoms with van der Waals surface area (Å²) in [7, 11) is -1.93. The molecule has 1 amide bonds. The lowest BCUT2D eigenvalue weighted by Gasteiger charge is -2.16. The van der Waals surface area contributed by atoms with Gasteiger partial charge in [-0.05, 0) is 49.4 Å². The second-order valence-corrected chi connectivity index (χ2v) is 8.78. The van der Waals surface area contributed by atoms with Crippen molar-refractivity contribution in [3.63, 3.8) is 0 Å². The van der Waals surface area contributed by atoms with E-state index in [1.165, 1.54) is 12.1 Å². The van der Waals surface area contributed by atoms with E-state index < -0.39 is 10.0 Å². The summed E-state index contributed by atoms with van der Waals surface area (Å²) in [6.45, 7) is 1.30. The van der Waals surface area contributed by atoms with Crippen LogP contribution in [0.2, 0.25) is 0 Å². The van der Waals surface area contributed by atoms with Crippen LogP contribution in [0.1, 0.15) is 24.0 Å². The predicted molar refractivity (Wildman–Crippen MR) is 114 cm³/mol. The highest BCUT2D eigenvalue weighted by Crippen LogP contribution is 2.16. The highest BCUT2D eigenvalue weighted by Gasteiger charge is 2.19. The number of anilines is 1. The summed E-state index contributed by atoms with van der Waals surface area (Å²) in [5.41, 5.74) is 1.98. The van der Waals surface area contributed by atoms with E-state index in [9.17, 15) is 13.2 Å². The number of nitrogens with zero attached hydrogens (tertiary/aromatic N) is 3. The first-order chi connectivity index (χ1) is 14.4. The zero-order valence-corrected chi connectivity index (χ0v) is 17.4. The molecule has 1 heterocycles. The fraction of sp³-hybridized carbons (Fsp3) is 0.286. The maximum Gasteiger partial charge on any atom is 0.262 e. The van der Waals surface area contributed by atoms with Crippen LogP contribution in [0.5, 0.6) is 0 Å². The van der Waals surface area contributed by atoms with E-state index in [1.54, 1.807) is 24.3 Å². The van der Waals surface area contributed by atoms with Gasteiger partial charge in [0.05, 0.1) is 23.1 Å². The van der Waals surface area contributed by atoms with Gasteiger partial charge in [-0.15, -0.1) is 0 Å². The van der Waals surface area contributed by atoms with Crippen molar-refractivity contribution in [2.24, 2.45) is 4.99 Å². The Kier molecular flexibility index (Phi) is 6.82. The molecule has 1 aliphatic heterocycles. The molecule has 2 N–H and O–H groups in total. The SMILES string of the molecule is CN(CC(=O)Nc1cccc(S(=O)(=O)NC2=NCCC2)c1)Cc1ccc(C#N)cc1. The van der Waals surface area contributed by atoms with Crippen LogP contribution in [0.15, 0.2) is 58.4 Å². The molecule has 0 fully saturated rings. The Hall–Kier alpha value is -3.22. The molecule has 0 unspecified atom stereocenters. The number of carbonyl (C=O) groups is 1. The van der Waals surface area contributed by atoms with Gasteiger partial charge in [-0.25, -0.2) is 8.42 Å². The van der Waals surface area contributed by atoms with Gasteiger partial charge in [-0.2, -0.15) is 5.26 Å². The van der Waals surface area contributed by atoms with Crippen LogP contribution in [-0.4, -0.2) is 45.2 Å². The molecule has 0 aromatic heterocycles. The molecule has 2 aromatic carbocycles. The molecule has 30 heavy (non-hydrogen) atoms. The van der Waals surface area contributed by atoms with Gasteiger partial charge in [0.25, 0.3) is 10.0 Å². The number of amidine groups is 1. The van der Waals surface area contributed by atoms with Crippen molar-refractivity contribution in [2.45, 2.75) is 24.3 Å². The highest BCUT2D eigenvalue weighted by atomic mass is 32.2. The number of aliphatic imine (C=N–C) groups is 1. The van der Waals surface area contributed by atoms with Crippen LogP contribution in [0, 0.1) is 11.3 Å². The van der Waals surface area contributed by atoms with Gasteiger partial charge < -0.3 is 5.32 Å². The van der Waals surface area contributed by atoms with E-state index in [1.807, 2.05) is 24.1 Å². The molecular weight excluding hydrogens is 402 g/mol. The number of nitrogens with one attached hydrogen (secondary N) is 2. The number of rotatable bonds is 7. The number of hydrogen-bond donors (Lipinski definition) is 2. The van der Waals surface area contributed by atoms with Crippen molar-refractivity contribution in [2.75, 3.05) is 25.5 Å². The highest BCUT2D eigenvalue weighted by molar-refractivity contribution is 7.90. The minimum absolute atomic E-state index is 0.0702. The number of benzene rings is 2. The van der Waals surface area contributed by atoms with Crippen molar-refractivity contribution in [1.29, 1.82) is 5.26 Å². The molecule has 1 aliphatic rings. The fourth-order valence-electron chi connectivity index (χ4n) is 3.08. The Bertz CT molecular complexity index is 1090. The quantitative estimate of drug-likeness (QED) is 0.705. The molecule has 8 nitrogen and oxygen atoms in total. The number of amides is 1. The lowest BCUT2D eigenvalue weighted by atomic mass is 10.1. The van der Waals surface area contributed by atoms with Crippen molar-refractivity contribution in [3.05, 3.63) is 59.7 Å². The topological polar surface area (TPSA) is 115 Å². The third-order valence-corrected chi connectivity index (χ3v) is 5.88. The summed E-state index contributed by atoms with van der Waals surface area (Å²) in [6.07, 6.45) is 1.45. The maximum absolute atomic E-state index is 12.5. The first-order valence-corrected chi connectivity index (χ1v) is 11.0. The summed E-state index contributed by atoms with van der Waals surface area (Å²) >= 11 is 0. The molecule has 0 spiro atoms. The van der Waals surface area contributed by atoms with E-state index in [-0.39, 0.29) is 17.3 Å². The first kappa shape index (κ1) is 21.5. The van der Waals surface area contributed by atoms with Gasteiger partial charge in [0.1, 0.15) is 5.84 Å². The molecule has 9 heteroatoms. The maximum atomic E-state index is 12.5. The van der Waals surface area contributed by atoms with Crippen LogP contribution >= 0.6 is 0 Å². The summed E-state index contributed by atoms with van der Waals surface area (Å²) in [5, 5.41) is 11.6. The summed E-state index contributed by atoms with van der Waals surface area (Å²) in [4.78, 5) is 18.4. The fourth-order valence-corrected chi connectivity index (χ4v) is 4.21. The average Bonchev–Trinajstić information content (AvgIpc) is 3.21. The van der Waals surface area contributed by atoms with E-state index >= 15 is 0 Å². The number of sulfonamides is 1. The van der Waals surface area contributed by atoms with Gasteiger partial charge in [0.2, 0.25) is 5.91 Å². The Morgan fingerprint density at radius 2 is 2.00 bits per heavy atom. The van der Waals surface area contributed by atoms with Gasteiger partial charge in [0.15, 0.2) is 0 Å². The standard InChI is InChI=1S/C21H23N5O3S/c1-26(14-17-9-7-16(13-22)8-10-17)15-21(27)24-18-4-2-5-19(12-18)30(28,29)25-20-6-3-11-23-20/h2,4-5,7-10,12H,3,6,11,14-15H2,1H3,(H,23,25)(H,24,27). The van der Waals surface area contributed by atoms with Crippen LogP contribution in [0.4, 0.5) is 5.69 Å². The average molecular weight is 426 g/mol. The largest absolute Gasteiger partial charge is 0.325 e. The van der Waals surface area contributed by atoms with Crippen LogP contribution in [0.25, 0.3) is 0 Å². The second kappa shape index (κ2) is 9.52. The minimum Gasteiger partial charge on any atom is -0.325 e. The lowest BCUT2D eigenvalue weighted by molar-refractivity contribution is -0.117. The molecule has 0 aliphatic carbocycles. The third-order valence-electron chi connectivity index (χ3n) is 4.50. The molecule has 3 rings (SSSR count). The Labute approximate surface area is 176 Å². The molecule has 0 saturated heterocycles. The van der Waals surface area contributed by atoms with Gasteiger partial charge >= 0.3 is 0 Å². The number of hydrogen-bond acceptors (Lipinski definition) is 6. The lowest BCUT2D eigenvalue weighted by Crippen LogP contribution is -2.30. The van der Waals surface area contributed by atoms with Crippen molar-refractivity contribution in [1.82, 2.24) is 9.62 Å². The van der Waals surface area contributed by atoms with Crippen molar-refractivity contribution >= 4 is 27.5 Å². The van der Waals surface area contributed by atoms with Gasteiger partial charge in [-0.3, -0.25) is 19.4 Å². The zero-order valence-electron chi connectivity index (χ0n) is 16.6. The Morgan fingerprint density at radius 1 is 1.23 bits per heavy atom. The van der Waals surface area contributed by atoms with Crippen molar-refractivity contribution in [3.8, 4) is 6.07 Å². The molecule has 2 aromatic rings. The molecule has 0 atom stereocenters. The molecule has 0 bridgehead atoms. The van der Waals surface area contributed by atoms with Gasteiger partial charge in [-0.1, -0.05) is 18.2 Å². The van der Waals surface area contributed by atoms with Crippen LogP contribution in [-0.2, 0) is 21.4 Å². The molecule has 156 valence electrons. The summed E-state index contributed by atoms with van der Waals surface area (Å²) in [6, 6.07) is 15.4. The zero-order chi connectivity index (χ0) is 21.6. The summed E-state index contributed by atoms with van der Waals surface area (Å²) in [5.74, 6) is 0.211. The van der Waals surface area contributed by atoms with E-state index in [4.69, 9.17) is 5.26 Å². The third kappa shape index (κ3) is 5.89. The van der Waals surface area contributed by atoms with Gasteiger partial charge in [0, 0.05) is 25.2 Å². The van der Waals surface area contributed by atoms with E-state index in [0.717, 1.165) is 12.0 Å². The van der Waals surface area contributed by atoms with E-state index in [2.05, 4.69) is 21.1 Å². The molecule has 0 radical (unpaired) electrons. The predicted octanol–water partition coefficient (Wildman–Crippen LogP) is 2.10. The van der Waals surface area contributed by atoms with Crippen LogP contribution < -0.4 is 10.0 Å². The number of likely N-dealkylation sites (N-methyl/N-ethyl adjacent to an activating group) is 1. The molecular formula is C21H23N5O3S. The van der Waals surface area contributed by atoms with E-state index in [0.29, 0.717) is 36.6 Å². The number of carbonyl (C=O) groups excluding carboxylic acids is 1. The normalized spacial score (nSPS) is 13.6. The summed E-state index contributed by atoms with van der Waals surface area (Å²) < 4.78 is 27.5. The van der Waals surface area contributed by atoms with Crippen molar-refractivity contribution < 1.29 is 13.2 Å². The van der Waals surface area contributed by atoms with Crippen LogP contribution in [0.3, 0.4) is 0 Å². The minimum atomic E-state index is -3.74.